The summed E-state index contributed by atoms with van der Waals surface area (Å²) < 4.78 is 3.30. The second-order valence-corrected chi connectivity index (χ2v) is 10.5. The van der Waals surface area contributed by atoms with Gasteiger partial charge in [-0.25, -0.2) is 0 Å². The van der Waals surface area contributed by atoms with Crippen molar-refractivity contribution in [2.24, 2.45) is 14.1 Å². The maximum absolute atomic E-state index is 14.4. The molecule has 0 aliphatic carbocycles. The van der Waals surface area contributed by atoms with Crippen LogP contribution in [0, 0.1) is 0 Å². The molecule has 0 saturated carbocycles. The lowest BCUT2D eigenvalue weighted by Gasteiger charge is -2.23. The first-order valence-corrected chi connectivity index (χ1v) is 13.5. The van der Waals surface area contributed by atoms with E-state index >= 15 is 0 Å². The van der Waals surface area contributed by atoms with Gasteiger partial charge in [0, 0.05) is 35.3 Å². The number of pyridine rings is 2. The van der Waals surface area contributed by atoms with Crippen LogP contribution in [-0.2, 0) is 14.1 Å². The SMILES string of the molecule is Cn1c(-c2ccccc2)c(-c2ccc(Cl)cc2)c2c(=O)n(C)c(-c3ccccc3)c(-c3ccc(Cl)cc3)c2c1=O. The fraction of sp³-hybridized carbons (Fsp3) is 0.0588. The Labute approximate surface area is 241 Å². The van der Waals surface area contributed by atoms with E-state index in [4.69, 9.17) is 23.2 Å². The lowest BCUT2D eigenvalue weighted by Crippen LogP contribution is -2.28. The highest BCUT2D eigenvalue weighted by molar-refractivity contribution is 6.31. The van der Waals surface area contributed by atoms with Gasteiger partial charge in [-0.2, -0.15) is 0 Å². The van der Waals surface area contributed by atoms with Crippen LogP contribution in [0.5, 0.6) is 0 Å². The van der Waals surface area contributed by atoms with Gasteiger partial charge in [0.2, 0.25) is 0 Å². The van der Waals surface area contributed by atoms with Crippen molar-refractivity contribution in [3.63, 3.8) is 0 Å². The Morgan fingerprint density at radius 2 is 0.775 bits per heavy atom. The third-order valence-electron chi connectivity index (χ3n) is 7.29. The van der Waals surface area contributed by atoms with Crippen LogP contribution in [0.1, 0.15) is 0 Å². The number of benzene rings is 4. The number of rotatable bonds is 4. The molecule has 40 heavy (non-hydrogen) atoms. The van der Waals surface area contributed by atoms with Gasteiger partial charge >= 0.3 is 0 Å². The van der Waals surface area contributed by atoms with Crippen LogP contribution in [0.2, 0.25) is 10.0 Å². The molecule has 0 saturated heterocycles. The Bertz CT molecular complexity index is 1850. The van der Waals surface area contributed by atoms with Gasteiger partial charge in [0.05, 0.1) is 22.2 Å². The summed E-state index contributed by atoms with van der Waals surface area (Å²) in [6, 6.07) is 34.1. The van der Waals surface area contributed by atoms with E-state index in [-0.39, 0.29) is 11.1 Å². The van der Waals surface area contributed by atoms with E-state index in [1.807, 2.05) is 84.9 Å². The zero-order valence-electron chi connectivity index (χ0n) is 21.9. The van der Waals surface area contributed by atoms with Crippen molar-refractivity contribution in [2.45, 2.75) is 0 Å². The Hall–Kier alpha value is -4.38. The number of aromatic nitrogens is 2. The Balaban J connectivity index is 1.91. The van der Waals surface area contributed by atoms with Crippen LogP contribution in [0.3, 0.4) is 0 Å². The van der Waals surface area contributed by atoms with E-state index < -0.39 is 0 Å². The third-order valence-corrected chi connectivity index (χ3v) is 7.80. The molecule has 0 fully saturated rings. The van der Waals surface area contributed by atoms with Crippen molar-refractivity contribution in [1.82, 2.24) is 9.13 Å². The molecule has 0 radical (unpaired) electrons. The van der Waals surface area contributed by atoms with Gasteiger partial charge in [-0.05, 0) is 46.5 Å². The van der Waals surface area contributed by atoms with Crippen molar-refractivity contribution in [2.75, 3.05) is 0 Å². The first-order valence-electron chi connectivity index (χ1n) is 12.8. The molecule has 2 heterocycles. The number of hydrogen-bond acceptors (Lipinski definition) is 2. The van der Waals surface area contributed by atoms with Crippen molar-refractivity contribution >= 4 is 34.0 Å². The van der Waals surface area contributed by atoms with Gasteiger partial charge in [0.1, 0.15) is 0 Å². The quantitative estimate of drug-likeness (QED) is 0.217. The molecule has 4 aromatic carbocycles. The van der Waals surface area contributed by atoms with Crippen molar-refractivity contribution in [1.29, 1.82) is 0 Å². The molecule has 6 aromatic rings. The molecule has 0 bridgehead atoms. The van der Waals surface area contributed by atoms with Crippen LogP contribution in [-0.4, -0.2) is 9.13 Å². The topological polar surface area (TPSA) is 44.0 Å². The van der Waals surface area contributed by atoms with Gasteiger partial charge < -0.3 is 9.13 Å². The van der Waals surface area contributed by atoms with E-state index in [1.165, 1.54) is 0 Å². The largest absolute Gasteiger partial charge is 0.310 e. The Morgan fingerprint density at radius 3 is 1.10 bits per heavy atom. The molecule has 0 spiro atoms. The monoisotopic (exact) mass is 562 g/mol. The summed E-state index contributed by atoms with van der Waals surface area (Å²) in [6.07, 6.45) is 0. The second-order valence-electron chi connectivity index (χ2n) is 9.67. The van der Waals surface area contributed by atoms with Crippen LogP contribution in [0.4, 0.5) is 0 Å². The summed E-state index contributed by atoms with van der Waals surface area (Å²) in [5.41, 5.74) is 5.39. The summed E-state index contributed by atoms with van der Waals surface area (Å²) in [4.78, 5) is 28.9. The molecule has 0 atom stereocenters. The fourth-order valence-electron chi connectivity index (χ4n) is 5.45. The molecule has 2 aromatic heterocycles. The standard InChI is InChI=1S/C34H24Cl2N2O2/c1-37-31(23-9-5-3-6-10-23)27(21-13-17-25(35)18-14-21)30-29(33(37)39)28(22-15-19-26(36)20-16-22)32(38(2)34(30)40)24-11-7-4-8-12-24/h3-20H,1-2H3. The summed E-state index contributed by atoms with van der Waals surface area (Å²) in [5, 5.41) is 1.88. The average molecular weight is 563 g/mol. The van der Waals surface area contributed by atoms with E-state index in [0.717, 1.165) is 22.3 Å². The number of fused-ring (bicyclic) bond motifs is 1. The number of halogens is 2. The predicted octanol–water partition coefficient (Wildman–Crippen LogP) is 8.21. The van der Waals surface area contributed by atoms with Gasteiger partial charge in [-0.1, -0.05) is 108 Å². The predicted molar refractivity (Wildman–Crippen MR) is 166 cm³/mol. The van der Waals surface area contributed by atoms with E-state index in [1.54, 1.807) is 47.5 Å². The molecule has 6 heteroatoms. The highest BCUT2D eigenvalue weighted by Gasteiger charge is 2.27. The summed E-state index contributed by atoms with van der Waals surface area (Å²) in [5.74, 6) is 0. The van der Waals surface area contributed by atoms with Gasteiger partial charge in [-0.15, -0.1) is 0 Å². The van der Waals surface area contributed by atoms with Gasteiger partial charge in [0.15, 0.2) is 0 Å². The molecule has 4 nitrogen and oxygen atoms in total. The summed E-state index contributed by atoms with van der Waals surface area (Å²) in [6.45, 7) is 0. The molecule has 0 aliphatic heterocycles. The molecule has 0 aliphatic rings. The molecule has 196 valence electrons. The minimum absolute atomic E-state index is 0.258. The van der Waals surface area contributed by atoms with Crippen LogP contribution in [0.15, 0.2) is 119 Å². The lowest BCUT2D eigenvalue weighted by atomic mass is 9.89. The van der Waals surface area contributed by atoms with Crippen molar-refractivity contribution in [3.05, 3.63) is 140 Å². The zero-order valence-corrected chi connectivity index (χ0v) is 23.4. The first-order chi connectivity index (χ1) is 19.4. The van der Waals surface area contributed by atoms with Crippen LogP contribution in [0.25, 0.3) is 55.5 Å². The van der Waals surface area contributed by atoms with Crippen LogP contribution < -0.4 is 11.1 Å². The van der Waals surface area contributed by atoms with Crippen LogP contribution >= 0.6 is 23.2 Å². The first kappa shape index (κ1) is 25.9. The van der Waals surface area contributed by atoms with Gasteiger partial charge in [-0.3, -0.25) is 9.59 Å². The Morgan fingerprint density at radius 1 is 0.450 bits per heavy atom. The molecule has 0 amide bonds. The maximum atomic E-state index is 14.4. The lowest BCUT2D eigenvalue weighted by molar-refractivity contribution is 0.867. The average Bonchev–Trinajstić information content (AvgIpc) is 2.98. The molecular weight excluding hydrogens is 539 g/mol. The molecule has 0 unspecified atom stereocenters. The highest BCUT2D eigenvalue weighted by atomic mass is 35.5. The highest BCUT2D eigenvalue weighted by Crippen LogP contribution is 2.41. The van der Waals surface area contributed by atoms with E-state index in [9.17, 15) is 9.59 Å². The van der Waals surface area contributed by atoms with Crippen molar-refractivity contribution < 1.29 is 0 Å². The minimum atomic E-state index is -0.258. The molecule has 6 rings (SSSR count). The second kappa shape index (κ2) is 10.3. The summed E-state index contributed by atoms with van der Waals surface area (Å²) >= 11 is 12.5. The normalized spacial score (nSPS) is 11.2. The maximum Gasteiger partial charge on any atom is 0.259 e. The molecular formula is C34H24Cl2N2O2. The van der Waals surface area contributed by atoms with E-state index in [2.05, 4.69) is 0 Å². The number of hydrogen-bond donors (Lipinski definition) is 0. The van der Waals surface area contributed by atoms with E-state index in [0.29, 0.717) is 43.3 Å². The van der Waals surface area contributed by atoms with Crippen molar-refractivity contribution in [3.8, 4) is 44.8 Å². The molecule has 0 N–H and O–H groups in total. The fourth-order valence-corrected chi connectivity index (χ4v) is 5.70. The third kappa shape index (κ3) is 4.26. The smallest absolute Gasteiger partial charge is 0.259 e. The minimum Gasteiger partial charge on any atom is -0.310 e. The Kier molecular flexibility index (Phi) is 6.67. The number of nitrogens with zero attached hydrogens (tertiary/aromatic N) is 2. The summed E-state index contributed by atoms with van der Waals surface area (Å²) in [7, 11) is 3.52. The zero-order chi connectivity index (χ0) is 28.0. The van der Waals surface area contributed by atoms with Gasteiger partial charge in [0.25, 0.3) is 11.1 Å².